The van der Waals surface area contributed by atoms with Crippen molar-refractivity contribution in [1.82, 2.24) is 0 Å². The molecule has 1 aromatic rings. The Morgan fingerprint density at radius 1 is 1.16 bits per heavy atom. The average Bonchev–Trinajstić information content (AvgIpc) is 2.79. The summed E-state index contributed by atoms with van der Waals surface area (Å²) in [5, 5.41) is 9.75. The molecular weight excluding hydrogens is 236 g/mol. The summed E-state index contributed by atoms with van der Waals surface area (Å²) in [5.41, 5.74) is 2.35. The van der Waals surface area contributed by atoms with Crippen molar-refractivity contribution in [3.05, 3.63) is 29.3 Å². The zero-order chi connectivity index (χ0) is 13.5. The maximum Gasteiger partial charge on any atom is 0.119 e. The van der Waals surface area contributed by atoms with Crippen LogP contribution in [-0.4, -0.2) is 11.7 Å². The minimum absolute atomic E-state index is 0.261. The summed E-state index contributed by atoms with van der Waals surface area (Å²) in [6, 6.07) is 6.11. The number of aryl methyl sites for hydroxylation is 1. The molecule has 0 aromatic heterocycles. The summed E-state index contributed by atoms with van der Waals surface area (Å²) in [7, 11) is 0. The van der Waals surface area contributed by atoms with E-state index in [4.69, 9.17) is 4.74 Å². The van der Waals surface area contributed by atoms with Crippen molar-refractivity contribution >= 4 is 0 Å². The molecule has 0 fully saturated rings. The van der Waals surface area contributed by atoms with Crippen LogP contribution >= 0.6 is 0 Å². The number of fused-ring (bicyclic) bond motifs is 1. The molecular formula is C17H26O2. The number of ether oxygens (including phenoxy) is 1. The Labute approximate surface area is 116 Å². The molecule has 1 atom stereocenters. The van der Waals surface area contributed by atoms with Crippen LogP contribution in [0.1, 0.15) is 69.1 Å². The highest BCUT2D eigenvalue weighted by atomic mass is 16.5. The number of benzene rings is 1. The smallest absolute Gasteiger partial charge is 0.119 e. The van der Waals surface area contributed by atoms with E-state index in [1.807, 2.05) is 12.1 Å². The van der Waals surface area contributed by atoms with E-state index in [1.54, 1.807) is 0 Å². The van der Waals surface area contributed by atoms with Crippen LogP contribution in [0.2, 0.25) is 0 Å². The zero-order valence-corrected chi connectivity index (χ0v) is 12.0. The van der Waals surface area contributed by atoms with Gasteiger partial charge in [-0.15, -0.1) is 0 Å². The normalized spacial score (nSPS) is 17.5. The Balaban J connectivity index is 1.67. The minimum atomic E-state index is -0.261. The summed E-state index contributed by atoms with van der Waals surface area (Å²) < 4.78 is 5.79. The van der Waals surface area contributed by atoms with Crippen LogP contribution in [0, 0.1) is 0 Å². The van der Waals surface area contributed by atoms with E-state index in [-0.39, 0.29) is 6.10 Å². The lowest BCUT2D eigenvalue weighted by molar-refractivity contribution is 0.180. The first kappa shape index (κ1) is 14.4. The zero-order valence-electron chi connectivity index (χ0n) is 12.0. The van der Waals surface area contributed by atoms with Gasteiger partial charge in [0.2, 0.25) is 0 Å². The van der Waals surface area contributed by atoms with E-state index in [1.165, 1.54) is 37.7 Å². The summed E-state index contributed by atoms with van der Waals surface area (Å²) in [6.07, 6.45) is 9.32. The largest absolute Gasteiger partial charge is 0.494 e. The van der Waals surface area contributed by atoms with Crippen LogP contribution < -0.4 is 4.74 Å². The van der Waals surface area contributed by atoms with Crippen molar-refractivity contribution in [1.29, 1.82) is 0 Å². The first-order valence-electron chi connectivity index (χ1n) is 7.75. The van der Waals surface area contributed by atoms with Crippen LogP contribution in [0.15, 0.2) is 18.2 Å². The van der Waals surface area contributed by atoms with Gasteiger partial charge in [0.15, 0.2) is 0 Å². The van der Waals surface area contributed by atoms with Gasteiger partial charge in [0.1, 0.15) is 5.75 Å². The van der Waals surface area contributed by atoms with Crippen LogP contribution in [0.4, 0.5) is 0 Å². The van der Waals surface area contributed by atoms with Gasteiger partial charge in [-0.3, -0.25) is 0 Å². The predicted octanol–water partition coefficient (Wildman–Crippen LogP) is 4.41. The Kier molecular flexibility index (Phi) is 5.71. The van der Waals surface area contributed by atoms with Gasteiger partial charge < -0.3 is 9.84 Å². The first-order valence-corrected chi connectivity index (χ1v) is 7.75. The van der Waals surface area contributed by atoms with Gasteiger partial charge in [0.05, 0.1) is 12.7 Å². The second-order valence-corrected chi connectivity index (χ2v) is 5.53. The first-order chi connectivity index (χ1) is 9.31. The Morgan fingerprint density at radius 3 is 2.79 bits per heavy atom. The molecule has 1 aromatic carbocycles. The van der Waals surface area contributed by atoms with Crippen molar-refractivity contribution in [2.24, 2.45) is 0 Å². The minimum Gasteiger partial charge on any atom is -0.494 e. The van der Waals surface area contributed by atoms with E-state index >= 15 is 0 Å². The molecule has 0 spiro atoms. The molecule has 2 heteroatoms. The molecule has 0 bridgehead atoms. The molecule has 1 aliphatic carbocycles. The quantitative estimate of drug-likeness (QED) is 0.703. The molecule has 0 saturated heterocycles. The Hall–Kier alpha value is -1.02. The number of hydrogen-bond donors (Lipinski definition) is 1. The lowest BCUT2D eigenvalue weighted by atomic mass is 10.1. The molecule has 0 aliphatic heterocycles. The van der Waals surface area contributed by atoms with Crippen molar-refractivity contribution < 1.29 is 9.84 Å². The van der Waals surface area contributed by atoms with Crippen LogP contribution in [0.5, 0.6) is 5.75 Å². The van der Waals surface area contributed by atoms with Crippen LogP contribution in [-0.2, 0) is 6.42 Å². The third kappa shape index (κ3) is 4.24. The number of aliphatic hydroxyl groups is 1. The second-order valence-electron chi connectivity index (χ2n) is 5.53. The van der Waals surface area contributed by atoms with E-state index in [0.29, 0.717) is 0 Å². The van der Waals surface area contributed by atoms with Crippen molar-refractivity contribution in [2.45, 2.75) is 64.4 Å². The van der Waals surface area contributed by atoms with Gasteiger partial charge >= 0.3 is 0 Å². The Bertz CT molecular complexity index is 387. The van der Waals surface area contributed by atoms with Gasteiger partial charge in [-0.05, 0) is 42.5 Å². The number of aliphatic hydroxyl groups excluding tert-OH is 1. The van der Waals surface area contributed by atoms with Crippen molar-refractivity contribution in [3.8, 4) is 5.75 Å². The van der Waals surface area contributed by atoms with Crippen LogP contribution in [0.25, 0.3) is 0 Å². The van der Waals surface area contributed by atoms with E-state index in [2.05, 4.69) is 13.0 Å². The lowest BCUT2D eigenvalue weighted by Gasteiger charge is -2.09. The van der Waals surface area contributed by atoms with E-state index in [0.717, 1.165) is 37.2 Å². The molecule has 0 heterocycles. The van der Waals surface area contributed by atoms with Gasteiger partial charge in [-0.25, -0.2) is 0 Å². The topological polar surface area (TPSA) is 29.5 Å². The monoisotopic (exact) mass is 262 g/mol. The van der Waals surface area contributed by atoms with Gasteiger partial charge in [0.25, 0.3) is 0 Å². The lowest BCUT2D eigenvalue weighted by Crippen LogP contribution is -1.98. The van der Waals surface area contributed by atoms with E-state index in [9.17, 15) is 5.11 Å². The van der Waals surface area contributed by atoms with Gasteiger partial charge in [-0.1, -0.05) is 45.1 Å². The average molecular weight is 262 g/mol. The molecule has 2 nitrogen and oxygen atoms in total. The Morgan fingerprint density at radius 2 is 1.95 bits per heavy atom. The number of unbranched alkanes of at least 4 members (excludes halogenated alkanes) is 5. The number of hydrogen-bond acceptors (Lipinski definition) is 2. The predicted molar refractivity (Wildman–Crippen MR) is 78.6 cm³/mol. The maximum atomic E-state index is 9.75. The molecule has 0 radical (unpaired) electrons. The molecule has 106 valence electrons. The van der Waals surface area contributed by atoms with Gasteiger partial charge in [0, 0.05) is 0 Å². The maximum absolute atomic E-state index is 9.75. The molecule has 2 rings (SSSR count). The van der Waals surface area contributed by atoms with Crippen molar-refractivity contribution in [2.75, 3.05) is 6.61 Å². The fourth-order valence-corrected chi connectivity index (χ4v) is 2.73. The standard InChI is InChI=1S/C17H26O2/c1-2-3-4-5-6-7-12-19-15-9-10-16-14(13-15)8-11-17(16)18/h9-10,13,17-18H,2-8,11-12H2,1H3. The van der Waals surface area contributed by atoms with Crippen molar-refractivity contribution in [3.63, 3.8) is 0 Å². The summed E-state index contributed by atoms with van der Waals surface area (Å²) in [4.78, 5) is 0. The highest BCUT2D eigenvalue weighted by molar-refractivity contribution is 5.39. The molecule has 1 unspecified atom stereocenters. The number of rotatable bonds is 8. The van der Waals surface area contributed by atoms with E-state index < -0.39 is 0 Å². The molecule has 1 aliphatic rings. The third-order valence-corrected chi connectivity index (χ3v) is 3.93. The molecule has 19 heavy (non-hydrogen) atoms. The summed E-state index contributed by atoms with van der Waals surface area (Å²) >= 11 is 0. The second kappa shape index (κ2) is 7.54. The fraction of sp³-hybridized carbons (Fsp3) is 0.647. The summed E-state index contributed by atoms with van der Waals surface area (Å²) in [6.45, 7) is 3.06. The third-order valence-electron chi connectivity index (χ3n) is 3.93. The molecule has 1 N–H and O–H groups in total. The SMILES string of the molecule is CCCCCCCCOc1ccc2c(c1)CCC2O. The highest BCUT2D eigenvalue weighted by Gasteiger charge is 2.20. The molecule has 0 amide bonds. The molecule has 0 saturated carbocycles. The fourth-order valence-electron chi connectivity index (χ4n) is 2.73. The highest BCUT2D eigenvalue weighted by Crippen LogP contribution is 2.33. The van der Waals surface area contributed by atoms with Crippen LogP contribution in [0.3, 0.4) is 0 Å². The van der Waals surface area contributed by atoms with Gasteiger partial charge in [-0.2, -0.15) is 0 Å². The summed E-state index contributed by atoms with van der Waals surface area (Å²) in [5.74, 6) is 0.960.